The molecular formula is C10H15NO3. The number of aliphatic carboxylic acids is 1. The third-order valence-corrected chi connectivity index (χ3v) is 3.14. The minimum atomic E-state index is -0.952. The summed E-state index contributed by atoms with van der Waals surface area (Å²) in [5, 5.41) is 12.4. The molecule has 0 aromatic rings. The molecule has 0 aromatic carbocycles. The summed E-state index contributed by atoms with van der Waals surface area (Å²) in [5.41, 5.74) is 0.114. The molecule has 1 aliphatic heterocycles. The molecule has 0 aromatic heterocycles. The van der Waals surface area contributed by atoms with Crippen molar-refractivity contribution in [2.75, 3.05) is 0 Å². The highest BCUT2D eigenvalue weighted by molar-refractivity contribution is 6.36. The molecular weight excluding hydrogens is 182 g/mol. The highest BCUT2D eigenvalue weighted by Crippen LogP contribution is 2.49. The van der Waals surface area contributed by atoms with Gasteiger partial charge in [-0.15, -0.1) is 0 Å². The molecule has 0 amide bonds. The molecule has 1 heterocycles. The fourth-order valence-electron chi connectivity index (χ4n) is 2.48. The molecule has 78 valence electrons. The third-order valence-electron chi connectivity index (χ3n) is 3.14. The molecule has 2 rings (SSSR count). The highest BCUT2D eigenvalue weighted by Gasteiger charge is 2.49. The van der Waals surface area contributed by atoms with E-state index >= 15 is 0 Å². The fraction of sp³-hybridized carbons (Fsp3) is 0.800. The molecule has 2 aliphatic rings. The van der Waals surface area contributed by atoms with Gasteiger partial charge in [0, 0.05) is 6.42 Å². The lowest BCUT2D eigenvalue weighted by molar-refractivity contribution is -0.129. The monoisotopic (exact) mass is 197 g/mol. The molecule has 1 spiro atoms. The number of oxime groups is 1. The van der Waals surface area contributed by atoms with E-state index in [1.807, 2.05) is 0 Å². The normalized spacial score (nSPS) is 34.3. The van der Waals surface area contributed by atoms with E-state index in [0.717, 1.165) is 19.3 Å². The van der Waals surface area contributed by atoms with E-state index in [0.29, 0.717) is 6.42 Å². The third kappa shape index (κ3) is 1.49. The van der Waals surface area contributed by atoms with E-state index in [4.69, 9.17) is 9.94 Å². The van der Waals surface area contributed by atoms with Crippen molar-refractivity contribution in [1.29, 1.82) is 0 Å². The zero-order valence-corrected chi connectivity index (χ0v) is 8.54. The second kappa shape index (κ2) is 2.72. The average Bonchev–Trinajstić information content (AvgIpc) is 2.58. The van der Waals surface area contributed by atoms with Gasteiger partial charge in [-0.25, -0.2) is 4.79 Å². The second-order valence-corrected chi connectivity index (χ2v) is 5.14. The topological polar surface area (TPSA) is 58.9 Å². The van der Waals surface area contributed by atoms with Crippen LogP contribution in [0.25, 0.3) is 0 Å². The highest BCUT2D eigenvalue weighted by atomic mass is 16.7. The van der Waals surface area contributed by atoms with Gasteiger partial charge in [-0.3, -0.25) is 0 Å². The van der Waals surface area contributed by atoms with Gasteiger partial charge in [0.1, 0.15) is 5.60 Å². The van der Waals surface area contributed by atoms with Gasteiger partial charge in [0.2, 0.25) is 0 Å². The van der Waals surface area contributed by atoms with Gasteiger partial charge in [-0.1, -0.05) is 19.0 Å². The number of nitrogens with zero attached hydrogens (tertiary/aromatic N) is 1. The number of rotatable bonds is 1. The Morgan fingerprint density at radius 2 is 2.21 bits per heavy atom. The van der Waals surface area contributed by atoms with Crippen molar-refractivity contribution in [2.24, 2.45) is 10.6 Å². The van der Waals surface area contributed by atoms with Crippen LogP contribution in [-0.2, 0) is 9.63 Å². The van der Waals surface area contributed by atoms with E-state index < -0.39 is 5.97 Å². The molecule has 14 heavy (non-hydrogen) atoms. The Balaban J connectivity index is 2.08. The van der Waals surface area contributed by atoms with Crippen LogP contribution >= 0.6 is 0 Å². The summed E-state index contributed by atoms with van der Waals surface area (Å²) in [7, 11) is 0. The smallest absolute Gasteiger partial charge is 0.353 e. The standard InChI is InChI=1S/C10H15NO3/c1-9(2)3-4-10(6-9)5-7(8(12)13)11-14-10/h3-6H2,1-2H3,(H,12,13). The maximum atomic E-state index is 10.7. The van der Waals surface area contributed by atoms with E-state index in [9.17, 15) is 4.79 Å². The van der Waals surface area contributed by atoms with Crippen molar-refractivity contribution in [3.63, 3.8) is 0 Å². The molecule has 1 atom stereocenters. The predicted octanol–water partition coefficient (Wildman–Crippen LogP) is 1.80. The summed E-state index contributed by atoms with van der Waals surface area (Å²) in [6.45, 7) is 4.37. The van der Waals surface area contributed by atoms with E-state index in [1.165, 1.54) is 0 Å². The van der Waals surface area contributed by atoms with Gasteiger partial charge in [-0.2, -0.15) is 0 Å². The number of carboxylic acids is 1. The van der Waals surface area contributed by atoms with Crippen molar-refractivity contribution >= 4 is 11.7 Å². The maximum Gasteiger partial charge on any atom is 0.353 e. The Labute approximate surface area is 82.9 Å². The summed E-state index contributed by atoms with van der Waals surface area (Å²) in [6, 6.07) is 0. The number of hydrogen-bond donors (Lipinski definition) is 1. The van der Waals surface area contributed by atoms with Crippen LogP contribution in [0.15, 0.2) is 5.16 Å². The first-order chi connectivity index (χ1) is 6.43. The molecule has 1 saturated carbocycles. The van der Waals surface area contributed by atoms with Crippen molar-refractivity contribution in [1.82, 2.24) is 0 Å². The molecule has 4 nitrogen and oxygen atoms in total. The van der Waals surface area contributed by atoms with Crippen molar-refractivity contribution in [3.8, 4) is 0 Å². The van der Waals surface area contributed by atoms with Crippen LogP contribution in [0, 0.1) is 5.41 Å². The van der Waals surface area contributed by atoms with Gasteiger partial charge in [-0.05, 0) is 24.7 Å². The van der Waals surface area contributed by atoms with Gasteiger partial charge < -0.3 is 9.94 Å². The minimum absolute atomic E-state index is 0.169. The van der Waals surface area contributed by atoms with E-state index in [-0.39, 0.29) is 16.7 Å². The van der Waals surface area contributed by atoms with Crippen LogP contribution in [0.1, 0.15) is 39.5 Å². The summed E-state index contributed by atoms with van der Waals surface area (Å²) in [6.07, 6.45) is 3.36. The molecule has 1 aliphatic carbocycles. The first kappa shape index (κ1) is 9.49. The second-order valence-electron chi connectivity index (χ2n) is 5.14. The Morgan fingerprint density at radius 1 is 1.50 bits per heavy atom. The molecule has 0 bridgehead atoms. The first-order valence-corrected chi connectivity index (χ1v) is 4.91. The molecule has 1 fully saturated rings. The van der Waals surface area contributed by atoms with Crippen molar-refractivity contribution in [2.45, 2.75) is 45.1 Å². The number of carbonyl (C=O) groups is 1. The lowest BCUT2D eigenvalue weighted by atomic mass is 9.87. The lowest BCUT2D eigenvalue weighted by Crippen LogP contribution is -2.28. The summed E-state index contributed by atoms with van der Waals surface area (Å²) >= 11 is 0. The van der Waals surface area contributed by atoms with Gasteiger partial charge in [0.25, 0.3) is 0 Å². The van der Waals surface area contributed by atoms with E-state index in [2.05, 4.69) is 19.0 Å². The summed E-state index contributed by atoms with van der Waals surface area (Å²) < 4.78 is 0. The minimum Gasteiger partial charge on any atom is -0.477 e. The lowest BCUT2D eigenvalue weighted by Gasteiger charge is -2.23. The number of carboxylic acid groups (broad SMARTS) is 1. The van der Waals surface area contributed by atoms with Crippen LogP contribution in [0.4, 0.5) is 0 Å². The van der Waals surface area contributed by atoms with Crippen molar-refractivity contribution in [3.05, 3.63) is 0 Å². The molecule has 0 saturated heterocycles. The van der Waals surface area contributed by atoms with Gasteiger partial charge >= 0.3 is 5.97 Å². The maximum absolute atomic E-state index is 10.7. The van der Waals surface area contributed by atoms with Crippen LogP contribution < -0.4 is 0 Å². The molecule has 4 heteroatoms. The average molecular weight is 197 g/mol. The summed E-state index contributed by atoms with van der Waals surface area (Å²) in [4.78, 5) is 16.0. The summed E-state index contributed by atoms with van der Waals surface area (Å²) in [5.74, 6) is -0.952. The Bertz CT molecular complexity index is 308. The van der Waals surface area contributed by atoms with Crippen LogP contribution in [0.5, 0.6) is 0 Å². The van der Waals surface area contributed by atoms with Crippen LogP contribution in [0.2, 0.25) is 0 Å². The Morgan fingerprint density at radius 3 is 2.64 bits per heavy atom. The number of hydrogen-bond acceptors (Lipinski definition) is 3. The Hall–Kier alpha value is -1.06. The van der Waals surface area contributed by atoms with E-state index in [1.54, 1.807) is 0 Å². The first-order valence-electron chi connectivity index (χ1n) is 4.91. The quantitative estimate of drug-likeness (QED) is 0.697. The van der Waals surface area contributed by atoms with Gasteiger partial charge in [0.05, 0.1) is 0 Å². The predicted molar refractivity (Wildman–Crippen MR) is 51.1 cm³/mol. The molecule has 1 N–H and O–H groups in total. The van der Waals surface area contributed by atoms with Crippen LogP contribution in [0.3, 0.4) is 0 Å². The van der Waals surface area contributed by atoms with Crippen molar-refractivity contribution < 1.29 is 14.7 Å². The fourth-order valence-corrected chi connectivity index (χ4v) is 2.48. The Kier molecular flexibility index (Phi) is 1.84. The SMILES string of the molecule is CC1(C)CCC2(CC(C(=O)O)=NO2)C1. The van der Waals surface area contributed by atoms with Gasteiger partial charge in [0.15, 0.2) is 5.71 Å². The van der Waals surface area contributed by atoms with Crippen LogP contribution in [-0.4, -0.2) is 22.4 Å². The zero-order chi connectivity index (χ0) is 10.4. The molecule has 1 unspecified atom stereocenters. The zero-order valence-electron chi connectivity index (χ0n) is 8.54. The molecule has 0 radical (unpaired) electrons. The largest absolute Gasteiger partial charge is 0.477 e.